The van der Waals surface area contributed by atoms with Crippen molar-refractivity contribution in [2.75, 3.05) is 5.75 Å². The lowest BCUT2D eigenvalue weighted by Crippen LogP contribution is -1.97. The molecule has 1 fully saturated rings. The summed E-state index contributed by atoms with van der Waals surface area (Å²) in [7, 11) is 0. The first-order valence-corrected chi connectivity index (χ1v) is 4.25. The largest absolute Gasteiger partial charge is 0.462 e. The van der Waals surface area contributed by atoms with Crippen molar-refractivity contribution in [3.8, 4) is 0 Å². The number of amides is 1. The van der Waals surface area contributed by atoms with Gasteiger partial charge in [0, 0.05) is 5.28 Å². The lowest BCUT2D eigenvalue weighted by Gasteiger charge is -2.01. The van der Waals surface area contributed by atoms with Gasteiger partial charge in [0.15, 0.2) is 5.44 Å². The highest BCUT2D eigenvalue weighted by Crippen LogP contribution is 2.26. The van der Waals surface area contributed by atoms with E-state index in [1.807, 2.05) is 0 Å². The fourth-order valence-corrected chi connectivity index (χ4v) is 1.77. The van der Waals surface area contributed by atoms with Crippen LogP contribution in [0.15, 0.2) is 10.4 Å². The van der Waals surface area contributed by atoms with Crippen LogP contribution in [0.3, 0.4) is 0 Å². The molecule has 6 heteroatoms. The molecule has 1 N–H and O–H groups in total. The van der Waals surface area contributed by atoms with Gasteiger partial charge in [0.05, 0.1) is 0 Å². The zero-order valence-electron chi connectivity index (χ0n) is 5.77. The summed E-state index contributed by atoms with van der Waals surface area (Å²) >= 11 is 1.63. The summed E-state index contributed by atoms with van der Waals surface area (Å²) in [6, 6.07) is 0. The molecule has 0 aromatic rings. The third-order valence-corrected chi connectivity index (χ3v) is 2.40. The van der Waals surface area contributed by atoms with Gasteiger partial charge in [0.2, 0.25) is 0 Å². The monoisotopic (exact) mass is 176 g/mol. The molecule has 0 saturated carbocycles. The van der Waals surface area contributed by atoms with Gasteiger partial charge in [-0.05, 0) is 23.7 Å². The summed E-state index contributed by atoms with van der Waals surface area (Å²) in [6.07, 6.45) is 0.689. The number of carbonyl (C=O) groups is 1. The van der Waals surface area contributed by atoms with Crippen LogP contribution in [0.25, 0.3) is 0 Å². The Labute approximate surface area is 67.8 Å². The van der Waals surface area contributed by atoms with Gasteiger partial charge in [-0.25, -0.2) is 4.79 Å². The minimum absolute atomic E-state index is 0.00176. The molecule has 0 radical (unpaired) electrons. The molecule has 0 aliphatic carbocycles. The highest BCUT2D eigenvalue weighted by Gasteiger charge is 2.16. The molecule has 11 heavy (non-hydrogen) atoms. The standard InChI is InChI=1S/C5H8N2O3S/c8-5(9)6-7-10-4-2-1-3-11-4/h4H,1-3H2,(H,8,9). The highest BCUT2D eigenvalue weighted by atomic mass is 32.2. The van der Waals surface area contributed by atoms with Crippen LogP contribution >= 0.6 is 11.8 Å². The number of hydrogen-bond acceptors (Lipinski definition) is 4. The van der Waals surface area contributed by atoms with E-state index in [2.05, 4.69) is 10.4 Å². The topological polar surface area (TPSA) is 71.2 Å². The molecule has 1 unspecified atom stereocenters. The summed E-state index contributed by atoms with van der Waals surface area (Å²) in [5.41, 5.74) is -0.00176. The van der Waals surface area contributed by atoms with Crippen LogP contribution in [0.5, 0.6) is 0 Å². The number of nitrogens with zero attached hydrogens (tertiary/aromatic N) is 2. The minimum atomic E-state index is -1.33. The van der Waals surface area contributed by atoms with Crippen molar-refractivity contribution < 1.29 is 14.7 Å². The van der Waals surface area contributed by atoms with Gasteiger partial charge in [-0.1, -0.05) is 0 Å². The molecule has 1 aliphatic rings. The maximum atomic E-state index is 9.83. The van der Waals surface area contributed by atoms with Crippen molar-refractivity contribution in [1.29, 1.82) is 0 Å². The molecule has 1 atom stereocenters. The van der Waals surface area contributed by atoms with Crippen molar-refractivity contribution in [2.45, 2.75) is 18.3 Å². The summed E-state index contributed by atoms with van der Waals surface area (Å²) in [6.45, 7) is 0. The summed E-state index contributed by atoms with van der Waals surface area (Å²) in [4.78, 5) is 14.6. The molecule has 1 saturated heterocycles. The number of carboxylic acid groups (broad SMARTS) is 1. The molecule has 5 nitrogen and oxygen atoms in total. The van der Waals surface area contributed by atoms with E-state index >= 15 is 0 Å². The lowest BCUT2D eigenvalue weighted by atomic mass is 10.4. The molecule has 62 valence electrons. The molecular weight excluding hydrogens is 168 g/mol. The van der Waals surface area contributed by atoms with E-state index in [1.54, 1.807) is 11.8 Å². The third kappa shape index (κ3) is 3.22. The Morgan fingerprint density at radius 3 is 3.09 bits per heavy atom. The number of hydrogen-bond donors (Lipinski definition) is 1. The van der Waals surface area contributed by atoms with Crippen LogP contribution in [0.1, 0.15) is 12.8 Å². The highest BCUT2D eigenvalue weighted by molar-refractivity contribution is 8.00. The van der Waals surface area contributed by atoms with Crippen LogP contribution in [-0.4, -0.2) is 22.4 Å². The average molecular weight is 176 g/mol. The van der Waals surface area contributed by atoms with Gasteiger partial charge in [0.25, 0.3) is 0 Å². The molecule has 1 heterocycles. The van der Waals surface area contributed by atoms with Crippen molar-refractivity contribution in [3.63, 3.8) is 0 Å². The maximum Gasteiger partial charge on any atom is 0.452 e. The Balaban J connectivity index is 2.15. The predicted octanol–water partition coefficient (Wildman–Crippen LogP) is 1.90. The Morgan fingerprint density at radius 1 is 1.73 bits per heavy atom. The molecule has 0 bridgehead atoms. The lowest BCUT2D eigenvalue weighted by molar-refractivity contribution is 0.0974. The number of thioether (sulfide) groups is 1. The molecule has 0 spiro atoms. The van der Waals surface area contributed by atoms with E-state index in [9.17, 15) is 4.79 Å². The second-order valence-corrected chi connectivity index (χ2v) is 3.28. The van der Waals surface area contributed by atoms with Crippen molar-refractivity contribution in [2.24, 2.45) is 10.4 Å². The van der Waals surface area contributed by atoms with Crippen LogP contribution in [0, 0.1) is 0 Å². The SMILES string of the molecule is O=C(O)N=NOC1CCCS1. The maximum absolute atomic E-state index is 9.83. The van der Waals surface area contributed by atoms with E-state index in [0.717, 1.165) is 18.6 Å². The third-order valence-electron chi connectivity index (χ3n) is 1.18. The minimum Gasteiger partial charge on any atom is -0.462 e. The Kier molecular flexibility index (Phi) is 3.15. The van der Waals surface area contributed by atoms with Crippen LogP contribution in [0.2, 0.25) is 0 Å². The Hall–Kier alpha value is -0.780. The van der Waals surface area contributed by atoms with Gasteiger partial charge in [-0.3, -0.25) is 0 Å². The van der Waals surface area contributed by atoms with E-state index in [-0.39, 0.29) is 5.44 Å². The molecule has 0 aromatic carbocycles. The first-order valence-electron chi connectivity index (χ1n) is 3.20. The molecular formula is C5H8N2O3S. The van der Waals surface area contributed by atoms with Crippen molar-refractivity contribution in [3.05, 3.63) is 0 Å². The van der Waals surface area contributed by atoms with Crippen LogP contribution in [-0.2, 0) is 4.84 Å². The molecule has 1 amide bonds. The Bertz CT molecular complexity index is 167. The zero-order valence-corrected chi connectivity index (χ0v) is 6.58. The normalized spacial score (nSPS) is 24.2. The molecule has 1 rings (SSSR count). The summed E-state index contributed by atoms with van der Waals surface area (Å²) in [5, 5.41) is 13.9. The quantitative estimate of drug-likeness (QED) is 0.515. The second kappa shape index (κ2) is 4.17. The van der Waals surface area contributed by atoms with Crippen LogP contribution < -0.4 is 0 Å². The first-order chi connectivity index (χ1) is 5.29. The number of rotatable bonds is 2. The second-order valence-electron chi connectivity index (χ2n) is 2.01. The fraction of sp³-hybridized carbons (Fsp3) is 0.800. The summed E-state index contributed by atoms with van der Waals surface area (Å²) < 4.78 is 0. The zero-order chi connectivity index (χ0) is 8.10. The van der Waals surface area contributed by atoms with Gasteiger partial charge < -0.3 is 9.94 Å². The predicted molar refractivity (Wildman–Crippen MR) is 39.4 cm³/mol. The van der Waals surface area contributed by atoms with E-state index in [0.29, 0.717) is 0 Å². The van der Waals surface area contributed by atoms with Crippen LogP contribution in [0.4, 0.5) is 4.79 Å². The van der Waals surface area contributed by atoms with Gasteiger partial charge in [-0.15, -0.1) is 11.8 Å². The average Bonchev–Trinajstić information content (AvgIpc) is 2.39. The fourth-order valence-electron chi connectivity index (χ4n) is 0.742. The van der Waals surface area contributed by atoms with Gasteiger partial charge in [0.1, 0.15) is 0 Å². The van der Waals surface area contributed by atoms with E-state index < -0.39 is 6.09 Å². The van der Waals surface area contributed by atoms with E-state index in [4.69, 9.17) is 9.94 Å². The van der Waals surface area contributed by atoms with Crippen molar-refractivity contribution in [1.82, 2.24) is 0 Å². The van der Waals surface area contributed by atoms with Gasteiger partial charge in [-0.2, -0.15) is 0 Å². The first kappa shape index (κ1) is 8.32. The molecule has 0 aromatic heterocycles. The van der Waals surface area contributed by atoms with E-state index in [1.165, 1.54) is 0 Å². The molecule has 1 aliphatic heterocycles. The summed E-state index contributed by atoms with van der Waals surface area (Å²) in [5.74, 6) is 1.05. The van der Waals surface area contributed by atoms with Gasteiger partial charge >= 0.3 is 6.09 Å². The van der Waals surface area contributed by atoms with Crippen molar-refractivity contribution >= 4 is 17.9 Å². The Morgan fingerprint density at radius 2 is 2.55 bits per heavy atom. The smallest absolute Gasteiger partial charge is 0.452 e.